The smallest absolute Gasteiger partial charge is 0.351 e. The summed E-state index contributed by atoms with van der Waals surface area (Å²) >= 11 is 1.02. The van der Waals surface area contributed by atoms with Gasteiger partial charge in [-0.05, 0) is 6.26 Å². The molecule has 0 unspecified atom stereocenters. The first-order valence-corrected chi connectivity index (χ1v) is 4.62. The predicted molar refractivity (Wildman–Crippen MR) is 50.9 cm³/mol. The van der Waals surface area contributed by atoms with Crippen LogP contribution in [0.4, 0.5) is 4.79 Å². The van der Waals surface area contributed by atoms with Crippen LogP contribution in [0.25, 0.3) is 0 Å². The second kappa shape index (κ2) is 5.88. The monoisotopic (exact) mass is 215 g/mol. The van der Waals surface area contributed by atoms with Gasteiger partial charge in [0, 0.05) is 0 Å². The minimum absolute atomic E-state index is 0.0758. The van der Waals surface area contributed by atoms with Crippen LogP contribution in [-0.4, -0.2) is 25.4 Å². The number of carbonyl (C=O) groups excluding carboxylic acids is 2. The molecule has 7 heteroatoms. The molecule has 0 aliphatic carbocycles. The molecule has 0 saturated carbocycles. The highest BCUT2D eigenvalue weighted by atomic mass is 32.2. The van der Waals surface area contributed by atoms with Crippen molar-refractivity contribution in [1.82, 2.24) is 5.32 Å². The summed E-state index contributed by atoms with van der Waals surface area (Å²) in [6.45, 7) is 0. The molecule has 6 nitrogen and oxygen atoms in total. The maximum absolute atomic E-state index is 11.0. The van der Waals surface area contributed by atoms with Crippen LogP contribution in [0.2, 0.25) is 0 Å². The Morgan fingerprint density at radius 3 is 2.43 bits per heavy atom. The number of amides is 2. The average Bonchev–Trinajstić information content (AvgIpc) is 2.16. The zero-order valence-corrected chi connectivity index (χ0v) is 8.47. The van der Waals surface area contributed by atoms with Gasteiger partial charge in [0.05, 0.1) is 7.11 Å². The number of ether oxygens (including phenoxy) is 1. The van der Waals surface area contributed by atoms with E-state index in [9.17, 15) is 9.59 Å². The number of nitrogens with zero attached hydrogens (tertiary/aromatic N) is 1. The number of nitriles is 1. The van der Waals surface area contributed by atoms with Gasteiger partial charge in [0.25, 0.3) is 0 Å². The number of nitrogens with one attached hydrogen (secondary N) is 1. The van der Waals surface area contributed by atoms with E-state index in [1.54, 1.807) is 12.3 Å². The van der Waals surface area contributed by atoms with Crippen LogP contribution in [0.1, 0.15) is 0 Å². The van der Waals surface area contributed by atoms with E-state index in [2.05, 4.69) is 10.1 Å². The van der Waals surface area contributed by atoms with Gasteiger partial charge in [0.2, 0.25) is 0 Å². The number of carbonyl (C=O) groups is 2. The van der Waals surface area contributed by atoms with Crippen LogP contribution in [0.15, 0.2) is 10.6 Å². The molecule has 0 fully saturated rings. The molecule has 3 N–H and O–H groups in total. The molecule has 0 rings (SSSR count). The Bertz CT molecular complexity index is 319. The van der Waals surface area contributed by atoms with Crippen LogP contribution in [0.3, 0.4) is 0 Å². The molecule has 0 atom stereocenters. The largest absolute Gasteiger partial charge is 0.465 e. The lowest BCUT2D eigenvalue weighted by Crippen LogP contribution is -2.29. The predicted octanol–water partition coefficient (Wildman–Crippen LogP) is -0.0741. The zero-order valence-electron chi connectivity index (χ0n) is 7.66. The molecule has 2 amide bonds. The van der Waals surface area contributed by atoms with Gasteiger partial charge in [0.15, 0.2) is 5.57 Å². The second-order valence-electron chi connectivity index (χ2n) is 2.00. The highest BCUT2D eigenvalue weighted by Crippen LogP contribution is 2.14. The summed E-state index contributed by atoms with van der Waals surface area (Å²) in [7, 11) is 1.14. The SMILES string of the molecule is COC(=O)/C(C#N)=C(\NC(N)=O)SC. The molecular weight excluding hydrogens is 206 g/mol. The van der Waals surface area contributed by atoms with E-state index < -0.39 is 12.0 Å². The van der Waals surface area contributed by atoms with Crippen LogP contribution in [0.5, 0.6) is 0 Å². The van der Waals surface area contributed by atoms with E-state index in [0.717, 1.165) is 18.9 Å². The van der Waals surface area contributed by atoms with E-state index >= 15 is 0 Å². The minimum atomic E-state index is -0.842. The first-order chi connectivity index (χ1) is 6.56. The standard InChI is InChI=1S/C7H9N3O3S/c1-13-6(11)4(3-8)5(14-2)10-7(9)12/h1-2H3,(H3,9,10,12)/b5-4+. The summed E-state index contributed by atoms with van der Waals surface area (Å²) in [5, 5.41) is 10.9. The van der Waals surface area contributed by atoms with Gasteiger partial charge >= 0.3 is 12.0 Å². The molecule has 0 aromatic heterocycles. The fourth-order valence-corrected chi connectivity index (χ4v) is 1.15. The second-order valence-corrected chi connectivity index (χ2v) is 2.82. The summed E-state index contributed by atoms with van der Waals surface area (Å²) in [5.74, 6) is -0.814. The maximum atomic E-state index is 11.0. The van der Waals surface area contributed by atoms with Crippen molar-refractivity contribution in [2.24, 2.45) is 5.73 Å². The Morgan fingerprint density at radius 1 is 1.57 bits per heavy atom. The summed E-state index contributed by atoms with van der Waals surface area (Å²) in [4.78, 5) is 21.5. The number of hydrogen-bond donors (Lipinski definition) is 2. The van der Waals surface area contributed by atoms with Crippen LogP contribution < -0.4 is 11.1 Å². The molecule has 0 saturated heterocycles. The van der Waals surface area contributed by atoms with Gasteiger partial charge in [0.1, 0.15) is 11.1 Å². The zero-order chi connectivity index (χ0) is 11.1. The van der Waals surface area contributed by atoms with Crippen molar-refractivity contribution >= 4 is 23.8 Å². The number of methoxy groups -OCH3 is 1. The van der Waals surface area contributed by atoms with E-state index in [1.165, 1.54) is 0 Å². The minimum Gasteiger partial charge on any atom is -0.465 e. The van der Waals surface area contributed by atoms with Gasteiger partial charge in [-0.2, -0.15) is 5.26 Å². The Kier molecular flexibility index (Phi) is 5.17. The van der Waals surface area contributed by atoms with Crippen molar-refractivity contribution < 1.29 is 14.3 Å². The average molecular weight is 215 g/mol. The normalized spacial score (nSPS) is 10.9. The third-order valence-corrected chi connectivity index (χ3v) is 1.88. The Labute approximate surface area is 85.1 Å². The number of primary amides is 1. The summed E-state index contributed by atoms with van der Waals surface area (Å²) < 4.78 is 4.34. The molecule has 0 aliphatic rings. The summed E-state index contributed by atoms with van der Waals surface area (Å²) in [6, 6.07) is 0.781. The molecule has 0 heterocycles. The summed E-state index contributed by atoms with van der Waals surface area (Å²) in [6.07, 6.45) is 1.59. The molecule has 0 bridgehead atoms. The quantitative estimate of drug-likeness (QED) is 0.389. The molecular formula is C7H9N3O3S. The van der Waals surface area contributed by atoms with E-state index in [4.69, 9.17) is 11.0 Å². The summed E-state index contributed by atoms with van der Waals surface area (Å²) in [5.41, 5.74) is 4.57. The molecule has 0 aromatic carbocycles. The van der Waals surface area contributed by atoms with Crippen molar-refractivity contribution in [2.45, 2.75) is 0 Å². The Hall–Kier alpha value is -1.68. The van der Waals surface area contributed by atoms with Gasteiger partial charge < -0.3 is 15.8 Å². The number of rotatable bonds is 3. The van der Waals surface area contributed by atoms with Gasteiger partial charge in [-0.1, -0.05) is 0 Å². The van der Waals surface area contributed by atoms with Crippen molar-refractivity contribution in [3.05, 3.63) is 10.6 Å². The van der Waals surface area contributed by atoms with Crippen molar-refractivity contribution in [2.75, 3.05) is 13.4 Å². The highest BCUT2D eigenvalue weighted by molar-refractivity contribution is 8.02. The first kappa shape index (κ1) is 12.3. The van der Waals surface area contributed by atoms with Crippen LogP contribution >= 0.6 is 11.8 Å². The molecule has 0 aliphatic heterocycles. The fraction of sp³-hybridized carbons (Fsp3) is 0.286. The molecule has 0 radical (unpaired) electrons. The van der Waals surface area contributed by atoms with Crippen molar-refractivity contribution in [3.63, 3.8) is 0 Å². The number of esters is 1. The van der Waals surface area contributed by atoms with E-state index in [0.29, 0.717) is 0 Å². The first-order valence-electron chi connectivity index (χ1n) is 3.40. The van der Waals surface area contributed by atoms with Crippen LogP contribution in [-0.2, 0) is 9.53 Å². The van der Waals surface area contributed by atoms with E-state index in [-0.39, 0.29) is 10.6 Å². The van der Waals surface area contributed by atoms with E-state index in [1.807, 2.05) is 0 Å². The lowest BCUT2D eigenvalue weighted by Gasteiger charge is -2.05. The topological polar surface area (TPSA) is 105 Å². The van der Waals surface area contributed by atoms with Gasteiger partial charge in [-0.3, -0.25) is 0 Å². The van der Waals surface area contributed by atoms with Crippen LogP contribution in [0, 0.1) is 11.3 Å². The molecule has 0 spiro atoms. The van der Waals surface area contributed by atoms with Gasteiger partial charge in [-0.25, -0.2) is 9.59 Å². The number of nitrogens with two attached hydrogens (primary N) is 1. The number of urea groups is 1. The lowest BCUT2D eigenvalue weighted by molar-refractivity contribution is -0.135. The third kappa shape index (κ3) is 3.37. The highest BCUT2D eigenvalue weighted by Gasteiger charge is 2.16. The van der Waals surface area contributed by atoms with Crippen molar-refractivity contribution in [3.8, 4) is 6.07 Å². The number of hydrogen-bond acceptors (Lipinski definition) is 5. The molecule has 14 heavy (non-hydrogen) atoms. The molecule has 0 aromatic rings. The third-order valence-electron chi connectivity index (χ3n) is 1.17. The van der Waals surface area contributed by atoms with Crippen molar-refractivity contribution in [1.29, 1.82) is 5.26 Å². The molecule has 76 valence electrons. The lowest BCUT2D eigenvalue weighted by atomic mass is 10.3. The van der Waals surface area contributed by atoms with Gasteiger partial charge in [-0.15, -0.1) is 11.8 Å². The number of thioether (sulfide) groups is 1. The fourth-order valence-electron chi connectivity index (χ4n) is 0.619. The Balaban J connectivity index is 5.03. The maximum Gasteiger partial charge on any atom is 0.351 e. The Morgan fingerprint density at radius 2 is 2.14 bits per heavy atom.